The van der Waals surface area contributed by atoms with Crippen LogP contribution in [0.3, 0.4) is 0 Å². The number of para-hydroxylation sites is 2. The Labute approximate surface area is 88.9 Å². The third-order valence-electron chi connectivity index (χ3n) is 1.49. The van der Waals surface area contributed by atoms with Gasteiger partial charge in [0.1, 0.15) is 5.75 Å². The highest BCUT2D eigenvalue weighted by molar-refractivity contribution is 7.96. The second kappa shape index (κ2) is 4.91. The molecule has 0 saturated heterocycles. The SMILES string of the molecule is CC(C)Oc1ccccc1NC(=O)S. The highest BCUT2D eigenvalue weighted by atomic mass is 32.1. The maximum absolute atomic E-state index is 10.7. The fourth-order valence-corrected chi connectivity index (χ4v) is 1.16. The largest absolute Gasteiger partial charge is 0.489 e. The van der Waals surface area contributed by atoms with Gasteiger partial charge in [-0.1, -0.05) is 24.8 Å². The molecule has 0 aliphatic carbocycles. The fraction of sp³-hybridized carbons (Fsp3) is 0.300. The Kier molecular flexibility index (Phi) is 3.83. The van der Waals surface area contributed by atoms with Crippen molar-refractivity contribution in [2.24, 2.45) is 0 Å². The first-order chi connectivity index (χ1) is 6.59. The second-order valence-corrected chi connectivity index (χ2v) is 3.50. The predicted molar refractivity (Wildman–Crippen MR) is 60.2 cm³/mol. The summed E-state index contributed by atoms with van der Waals surface area (Å²) in [5.41, 5.74) is 0.640. The van der Waals surface area contributed by atoms with E-state index in [0.29, 0.717) is 11.4 Å². The molecule has 0 radical (unpaired) electrons. The van der Waals surface area contributed by atoms with Crippen LogP contribution in [0.4, 0.5) is 10.5 Å². The van der Waals surface area contributed by atoms with E-state index in [4.69, 9.17) is 4.74 Å². The number of carbonyl (C=O) groups excluding carboxylic acids is 1. The minimum atomic E-state index is -0.398. The molecule has 0 aliphatic rings. The van der Waals surface area contributed by atoms with Crippen LogP contribution < -0.4 is 10.1 Å². The lowest BCUT2D eigenvalue weighted by molar-refractivity contribution is 0.243. The first kappa shape index (κ1) is 10.9. The normalized spacial score (nSPS) is 10.0. The molecule has 0 aliphatic heterocycles. The molecule has 0 atom stereocenters. The summed E-state index contributed by atoms with van der Waals surface area (Å²) in [5, 5.41) is 2.18. The Morgan fingerprint density at radius 1 is 1.43 bits per heavy atom. The molecule has 76 valence electrons. The van der Waals surface area contributed by atoms with Gasteiger partial charge in [-0.25, -0.2) is 0 Å². The van der Waals surface area contributed by atoms with Crippen LogP contribution in [-0.2, 0) is 0 Å². The van der Waals surface area contributed by atoms with Gasteiger partial charge in [-0.15, -0.1) is 0 Å². The van der Waals surface area contributed by atoms with Crippen LogP contribution in [0.1, 0.15) is 13.8 Å². The van der Waals surface area contributed by atoms with Crippen LogP contribution in [0.15, 0.2) is 24.3 Å². The van der Waals surface area contributed by atoms with Crippen LogP contribution in [0.5, 0.6) is 5.75 Å². The quantitative estimate of drug-likeness (QED) is 0.754. The highest BCUT2D eigenvalue weighted by Gasteiger charge is 2.05. The zero-order valence-corrected chi connectivity index (χ0v) is 9.04. The lowest BCUT2D eigenvalue weighted by Crippen LogP contribution is -2.09. The van der Waals surface area contributed by atoms with E-state index >= 15 is 0 Å². The summed E-state index contributed by atoms with van der Waals surface area (Å²) in [6.07, 6.45) is 0.0768. The van der Waals surface area contributed by atoms with Crippen molar-refractivity contribution in [1.82, 2.24) is 0 Å². The summed E-state index contributed by atoms with van der Waals surface area (Å²) >= 11 is 3.64. The van der Waals surface area contributed by atoms with E-state index in [1.165, 1.54) is 0 Å². The highest BCUT2D eigenvalue weighted by Crippen LogP contribution is 2.24. The zero-order valence-electron chi connectivity index (χ0n) is 8.15. The second-order valence-electron chi connectivity index (χ2n) is 3.09. The van der Waals surface area contributed by atoms with E-state index in [0.717, 1.165) is 0 Å². The van der Waals surface area contributed by atoms with E-state index < -0.39 is 5.24 Å². The number of thiol groups is 1. The Morgan fingerprint density at radius 3 is 2.64 bits per heavy atom. The van der Waals surface area contributed by atoms with Crippen molar-refractivity contribution in [1.29, 1.82) is 0 Å². The van der Waals surface area contributed by atoms with Gasteiger partial charge in [0.05, 0.1) is 11.8 Å². The van der Waals surface area contributed by atoms with Crippen LogP contribution in [0, 0.1) is 0 Å². The van der Waals surface area contributed by atoms with Gasteiger partial charge in [-0.05, 0) is 26.0 Å². The third kappa shape index (κ3) is 3.30. The van der Waals surface area contributed by atoms with Gasteiger partial charge in [0.25, 0.3) is 5.24 Å². The maximum atomic E-state index is 10.7. The van der Waals surface area contributed by atoms with Crippen LogP contribution in [0.2, 0.25) is 0 Å². The Morgan fingerprint density at radius 2 is 2.07 bits per heavy atom. The molecular formula is C10H13NO2S. The molecule has 0 bridgehead atoms. The summed E-state index contributed by atoms with van der Waals surface area (Å²) < 4.78 is 5.50. The number of amides is 1. The third-order valence-corrected chi connectivity index (χ3v) is 1.60. The van der Waals surface area contributed by atoms with Crippen LogP contribution in [-0.4, -0.2) is 11.3 Å². The van der Waals surface area contributed by atoms with Crippen molar-refractivity contribution in [3.63, 3.8) is 0 Å². The summed E-state index contributed by atoms with van der Waals surface area (Å²) in [5.74, 6) is 0.657. The first-order valence-corrected chi connectivity index (χ1v) is 4.80. The van der Waals surface area contributed by atoms with Gasteiger partial charge in [0.15, 0.2) is 0 Å². The molecule has 1 amide bonds. The average Bonchev–Trinajstić information content (AvgIpc) is 2.06. The molecule has 1 aromatic rings. The number of benzene rings is 1. The van der Waals surface area contributed by atoms with Crippen molar-refractivity contribution in [2.45, 2.75) is 20.0 Å². The molecule has 0 unspecified atom stereocenters. The monoisotopic (exact) mass is 211 g/mol. The standard InChI is InChI=1S/C10H13NO2S/c1-7(2)13-9-6-4-3-5-8(9)11-10(12)14/h3-7H,1-2H3,(H2,11,12,14). The maximum Gasteiger partial charge on any atom is 0.280 e. The lowest BCUT2D eigenvalue weighted by Gasteiger charge is -2.13. The molecule has 4 heteroatoms. The fourth-order valence-electron chi connectivity index (χ4n) is 1.04. The van der Waals surface area contributed by atoms with Gasteiger partial charge in [0, 0.05) is 0 Å². The lowest BCUT2D eigenvalue weighted by atomic mass is 10.3. The van der Waals surface area contributed by atoms with Gasteiger partial charge in [-0.2, -0.15) is 0 Å². The van der Waals surface area contributed by atoms with E-state index in [-0.39, 0.29) is 6.10 Å². The first-order valence-electron chi connectivity index (χ1n) is 4.35. The minimum Gasteiger partial charge on any atom is -0.489 e. The van der Waals surface area contributed by atoms with Crippen molar-refractivity contribution in [2.75, 3.05) is 5.32 Å². The molecule has 0 heterocycles. The molecule has 0 fully saturated rings. The number of carbonyl (C=O) groups is 1. The number of hydrogen-bond donors (Lipinski definition) is 2. The van der Waals surface area contributed by atoms with Crippen molar-refractivity contribution >= 4 is 23.6 Å². The molecular weight excluding hydrogens is 198 g/mol. The zero-order chi connectivity index (χ0) is 10.6. The minimum absolute atomic E-state index is 0.0768. The average molecular weight is 211 g/mol. The van der Waals surface area contributed by atoms with Crippen LogP contribution in [0.25, 0.3) is 0 Å². The summed E-state index contributed by atoms with van der Waals surface area (Å²) in [4.78, 5) is 10.7. The van der Waals surface area contributed by atoms with Gasteiger partial charge >= 0.3 is 0 Å². The summed E-state index contributed by atoms with van der Waals surface area (Å²) in [7, 11) is 0. The topological polar surface area (TPSA) is 38.3 Å². The van der Waals surface area contributed by atoms with Gasteiger partial charge < -0.3 is 10.1 Å². The van der Waals surface area contributed by atoms with Crippen molar-refractivity contribution < 1.29 is 9.53 Å². The van der Waals surface area contributed by atoms with E-state index in [9.17, 15) is 4.79 Å². The molecule has 0 aromatic heterocycles. The van der Waals surface area contributed by atoms with Gasteiger partial charge in [0.2, 0.25) is 0 Å². The molecule has 0 spiro atoms. The van der Waals surface area contributed by atoms with E-state index in [2.05, 4.69) is 17.9 Å². The number of hydrogen-bond acceptors (Lipinski definition) is 2. The predicted octanol–water partition coefficient (Wildman–Crippen LogP) is 2.94. The number of anilines is 1. The molecule has 1 aromatic carbocycles. The summed E-state index contributed by atoms with van der Waals surface area (Å²) in [6.45, 7) is 3.86. The molecule has 14 heavy (non-hydrogen) atoms. The molecule has 0 saturated carbocycles. The Balaban J connectivity index is 2.85. The number of rotatable bonds is 3. The van der Waals surface area contributed by atoms with Crippen LogP contribution >= 0.6 is 12.6 Å². The Bertz CT molecular complexity index is 326. The number of ether oxygens (including phenoxy) is 1. The van der Waals surface area contributed by atoms with E-state index in [1.807, 2.05) is 26.0 Å². The molecule has 1 rings (SSSR count). The molecule has 3 nitrogen and oxygen atoms in total. The number of nitrogens with one attached hydrogen (secondary N) is 1. The summed E-state index contributed by atoms with van der Waals surface area (Å²) in [6, 6.07) is 7.25. The molecule has 1 N–H and O–H groups in total. The Hall–Kier alpha value is -1.16. The van der Waals surface area contributed by atoms with E-state index in [1.54, 1.807) is 12.1 Å². The van der Waals surface area contributed by atoms with Gasteiger partial charge in [-0.3, -0.25) is 4.79 Å². The van der Waals surface area contributed by atoms with Crippen molar-refractivity contribution in [3.05, 3.63) is 24.3 Å². The smallest absolute Gasteiger partial charge is 0.280 e. The van der Waals surface area contributed by atoms with Crippen molar-refractivity contribution in [3.8, 4) is 5.75 Å².